The Morgan fingerprint density at radius 2 is 2.29 bits per heavy atom. The van der Waals surface area contributed by atoms with Crippen LogP contribution in [0.2, 0.25) is 0 Å². The molecule has 1 aromatic heterocycles. The zero-order valence-electron chi connectivity index (χ0n) is 7.35. The van der Waals surface area contributed by atoms with Crippen LogP contribution in [-0.2, 0) is 6.42 Å². The predicted octanol–water partition coefficient (Wildman–Crippen LogP) is 1.97. The number of hydrogen-bond donors (Lipinski definition) is 2. The lowest BCUT2D eigenvalue weighted by Gasteiger charge is -1.92. The number of benzene rings is 1. The molecule has 0 bridgehead atoms. The highest BCUT2D eigenvalue weighted by Gasteiger charge is 2.06. The van der Waals surface area contributed by atoms with Crippen molar-refractivity contribution in [2.75, 3.05) is 6.54 Å². The van der Waals surface area contributed by atoms with Gasteiger partial charge in [-0.05, 0) is 28.5 Å². The Kier molecular flexibility index (Phi) is 2.52. The number of hydrogen-bond acceptors (Lipinski definition) is 2. The number of halogens is 2. The molecule has 0 aliphatic carbocycles. The third-order valence-corrected chi connectivity index (χ3v) is 2.56. The topological polar surface area (TPSA) is 54.7 Å². The van der Waals surface area contributed by atoms with Crippen LogP contribution in [0.3, 0.4) is 0 Å². The van der Waals surface area contributed by atoms with Crippen LogP contribution >= 0.6 is 15.9 Å². The summed E-state index contributed by atoms with van der Waals surface area (Å²) in [5.41, 5.74) is 6.85. The molecule has 0 aliphatic heterocycles. The van der Waals surface area contributed by atoms with Crippen LogP contribution in [-0.4, -0.2) is 16.5 Å². The lowest BCUT2D eigenvalue weighted by Crippen LogP contribution is -2.03. The number of nitrogens with zero attached hydrogens (tertiary/aromatic N) is 1. The third kappa shape index (κ3) is 1.65. The molecule has 74 valence electrons. The Labute approximate surface area is 88.6 Å². The summed E-state index contributed by atoms with van der Waals surface area (Å²) in [7, 11) is 0. The molecule has 2 rings (SSSR count). The normalized spacial score (nSPS) is 11.1. The van der Waals surface area contributed by atoms with Gasteiger partial charge in [0.15, 0.2) is 0 Å². The van der Waals surface area contributed by atoms with E-state index in [1.807, 2.05) is 0 Å². The molecule has 2 aromatic rings. The fraction of sp³-hybridized carbons (Fsp3) is 0.222. The Bertz CT molecular complexity index is 427. The van der Waals surface area contributed by atoms with Gasteiger partial charge in [-0.15, -0.1) is 0 Å². The molecule has 0 unspecified atom stereocenters. The quantitative estimate of drug-likeness (QED) is 0.865. The maximum absolute atomic E-state index is 13.1. The van der Waals surface area contributed by atoms with Gasteiger partial charge in [0, 0.05) is 12.5 Å². The van der Waals surface area contributed by atoms with Crippen molar-refractivity contribution in [1.82, 2.24) is 9.97 Å². The average Bonchev–Trinajstić information content (AvgIpc) is 2.48. The molecular formula is C9H9BrFN3. The van der Waals surface area contributed by atoms with Gasteiger partial charge in [0.25, 0.3) is 0 Å². The zero-order valence-corrected chi connectivity index (χ0v) is 8.94. The highest BCUT2D eigenvalue weighted by molar-refractivity contribution is 9.10. The minimum absolute atomic E-state index is 0.291. The van der Waals surface area contributed by atoms with Crippen molar-refractivity contribution in [3.8, 4) is 0 Å². The van der Waals surface area contributed by atoms with Crippen LogP contribution in [0.5, 0.6) is 0 Å². The van der Waals surface area contributed by atoms with Gasteiger partial charge >= 0.3 is 0 Å². The number of nitrogens with two attached hydrogens (primary N) is 1. The van der Waals surface area contributed by atoms with Gasteiger partial charge in [0.05, 0.1) is 15.5 Å². The molecule has 0 fully saturated rings. The Morgan fingerprint density at radius 1 is 1.50 bits per heavy atom. The lowest BCUT2D eigenvalue weighted by atomic mass is 10.3. The molecule has 1 heterocycles. The first-order valence-electron chi connectivity index (χ1n) is 4.24. The van der Waals surface area contributed by atoms with E-state index >= 15 is 0 Å². The van der Waals surface area contributed by atoms with E-state index in [-0.39, 0.29) is 5.82 Å². The number of nitrogens with one attached hydrogen (secondary N) is 1. The average molecular weight is 258 g/mol. The van der Waals surface area contributed by atoms with Crippen molar-refractivity contribution < 1.29 is 4.39 Å². The molecule has 0 saturated carbocycles. The molecule has 5 heteroatoms. The SMILES string of the molecule is NCCc1nc2cc(Br)c(F)cc2[nH]1. The van der Waals surface area contributed by atoms with Crippen molar-refractivity contribution in [3.05, 3.63) is 28.2 Å². The monoisotopic (exact) mass is 257 g/mol. The number of fused-ring (bicyclic) bond motifs is 1. The van der Waals surface area contributed by atoms with Crippen molar-refractivity contribution in [2.45, 2.75) is 6.42 Å². The fourth-order valence-electron chi connectivity index (χ4n) is 1.31. The van der Waals surface area contributed by atoms with E-state index in [1.54, 1.807) is 6.07 Å². The highest BCUT2D eigenvalue weighted by atomic mass is 79.9. The summed E-state index contributed by atoms with van der Waals surface area (Å²) in [5.74, 6) is 0.500. The van der Waals surface area contributed by atoms with E-state index in [0.29, 0.717) is 23.0 Å². The summed E-state index contributed by atoms with van der Waals surface area (Å²) in [5, 5.41) is 0. The number of imidazole rings is 1. The smallest absolute Gasteiger partial charge is 0.139 e. The summed E-state index contributed by atoms with van der Waals surface area (Å²) in [4.78, 5) is 7.28. The van der Waals surface area contributed by atoms with Crippen LogP contribution in [0.4, 0.5) is 4.39 Å². The van der Waals surface area contributed by atoms with E-state index in [0.717, 1.165) is 11.3 Å². The molecule has 0 spiro atoms. The first-order valence-corrected chi connectivity index (χ1v) is 5.03. The minimum atomic E-state index is -0.291. The second-order valence-electron chi connectivity index (χ2n) is 3.01. The van der Waals surface area contributed by atoms with Crippen molar-refractivity contribution in [1.29, 1.82) is 0 Å². The Balaban J connectivity index is 2.54. The zero-order chi connectivity index (χ0) is 10.1. The van der Waals surface area contributed by atoms with E-state index in [4.69, 9.17) is 5.73 Å². The van der Waals surface area contributed by atoms with E-state index < -0.39 is 0 Å². The summed E-state index contributed by atoms with van der Waals surface area (Å²) in [6.07, 6.45) is 0.675. The second kappa shape index (κ2) is 3.67. The van der Waals surface area contributed by atoms with Gasteiger partial charge in [0.1, 0.15) is 11.6 Å². The molecule has 0 aliphatic rings. The molecule has 1 aromatic carbocycles. The van der Waals surface area contributed by atoms with Crippen LogP contribution in [0.25, 0.3) is 11.0 Å². The Morgan fingerprint density at radius 3 is 3.00 bits per heavy atom. The second-order valence-corrected chi connectivity index (χ2v) is 3.86. The van der Waals surface area contributed by atoms with Crippen LogP contribution in [0, 0.1) is 5.82 Å². The van der Waals surface area contributed by atoms with E-state index in [1.165, 1.54) is 6.07 Å². The third-order valence-electron chi connectivity index (χ3n) is 1.95. The van der Waals surface area contributed by atoms with Gasteiger partial charge in [-0.2, -0.15) is 0 Å². The van der Waals surface area contributed by atoms with E-state index in [2.05, 4.69) is 25.9 Å². The summed E-state index contributed by atoms with van der Waals surface area (Å²) in [6.45, 7) is 0.531. The van der Waals surface area contributed by atoms with Crippen molar-refractivity contribution in [3.63, 3.8) is 0 Å². The van der Waals surface area contributed by atoms with Gasteiger partial charge in [-0.25, -0.2) is 9.37 Å². The van der Waals surface area contributed by atoms with Crippen molar-refractivity contribution in [2.24, 2.45) is 5.73 Å². The fourth-order valence-corrected chi connectivity index (χ4v) is 1.64. The lowest BCUT2D eigenvalue weighted by molar-refractivity contribution is 0.623. The molecule has 0 radical (unpaired) electrons. The maximum atomic E-state index is 13.1. The van der Waals surface area contributed by atoms with Gasteiger partial charge in [0.2, 0.25) is 0 Å². The van der Waals surface area contributed by atoms with Crippen LogP contribution in [0.1, 0.15) is 5.82 Å². The van der Waals surface area contributed by atoms with Crippen LogP contribution < -0.4 is 5.73 Å². The van der Waals surface area contributed by atoms with E-state index in [9.17, 15) is 4.39 Å². The molecule has 3 nitrogen and oxygen atoms in total. The number of aromatic amines is 1. The first kappa shape index (κ1) is 9.61. The highest BCUT2D eigenvalue weighted by Crippen LogP contribution is 2.21. The van der Waals surface area contributed by atoms with Crippen molar-refractivity contribution >= 4 is 27.0 Å². The Hall–Kier alpha value is -0.940. The minimum Gasteiger partial charge on any atom is -0.342 e. The number of H-pyrrole nitrogens is 1. The maximum Gasteiger partial charge on any atom is 0.139 e. The molecule has 0 atom stereocenters. The first-order chi connectivity index (χ1) is 6.70. The number of rotatable bonds is 2. The standard InChI is InChI=1S/C9H9BrFN3/c10-5-3-7-8(4-6(5)11)14-9(13-7)1-2-12/h3-4H,1-2,12H2,(H,13,14). The molecule has 0 saturated heterocycles. The summed E-state index contributed by atoms with van der Waals surface area (Å²) < 4.78 is 13.6. The molecular weight excluding hydrogens is 249 g/mol. The largest absolute Gasteiger partial charge is 0.342 e. The summed E-state index contributed by atoms with van der Waals surface area (Å²) >= 11 is 3.11. The molecule has 14 heavy (non-hydrogen) atoms. The van der Waals surface area contributed by atoms with Gasteiger partial charge < -0.3 is 10.7 Å². The molecule has 0 amide bonds. The predicted molar refractivity (Wildman–Crippen MR) is 56.5 cm³/mol. The van der Waals surface area contributed by atoms with Crippen LogP contribution in [0.15, 0.2) is 16.6 Å². The number of aromatic nitrogens is 2. The van der Waals surface area contributed by atoms with Gasteiger partial charge in [-0.1, -0.05) is 0 Å². The molecule has 3 N–H and O–H groups in total. The summed E-state index contributed by atoms with van der Waals surface area (Å²) in [6, 6.07) is 3.08. The van der Waals surface area contributed by atoms with Gasteiger partial charge in [-0.3, -0.25) is 0 Å².